The predicted octanol–water partition coefficient (Wildman–Crippen LogP) is 2.46. The van der Waals surface area contributed by atoms with E-state index in [1.807, 2.05) is 27.7 Å². The molecule has 0 aromatic rings. The van der Waals surface area contributed by atoms with Gasteiger partial charge in [0, 0.05) is 11.8 Å². The zero-order valence-corrected chi connectivity index (χ0v) is 8.97. The Morgan fingerprint density at radius 3 is 1.00 bits per heavy atom. The molecular formula is C10H20O2. The fraction of sp³-hybridized carbons (Fsp3) is 0.800. The lowest BCUT2D eigenvalue weighted by Crippen LogP contribution is -2.13. The van der Waals surface area contributed by atoms with Gasteiger partial charge in [-0.05, 0) is 13.8 Å². The third-order valence-corrected chi connectivity index (χ3v) is 1.14. The Hall–Kier alpha value is -0.660. The van der Waals surface area contributed by atoms with E-state index in [-0.39, 0.29) is 17.6 Å². The van der Waals surface area contributed by atoms with Gasteiger partial charge in [-0.3, -0.25) is 4.79 Å². The van der Waals surface area contributed by atoms with Crippen molar-refractivity contribution in [2.75, 3.05) is 0 Å². The molecule has 0 aliphatic rings. The van der Waals surface area contributed by atoms with Crippen LogP contribution in [0.4, 0.5) is 0 Å². The molecule has 0 radical (unpaired) electrons. The third kappa shape index (κ3) is 12.1. The van der Waals surface area contributed by atoms with Gasteiger partial charge in [0.25, 0.3) is 0 Å². The van der Waals surface area contributed by atoms with Crippen LogP contribution < -0.4 is 0 Å². The van der Waals surface area contributed by atoms with Crippen molar-refractivity contribution in [1.29, 1.82) is 0 Å². The first-order valence-corrected chi connectivity index (χ1v) is 4.29. The second-order valence-electron chi connectivity index (χ2n) is 3.62. The summed E-state index contributed by atoms with van der Waals surface area (Å²) in [6, 6.07) is 0. The van der Waals surface area contributed by atoms with Gasteiger partial charge in [-0.25, -0.2) is 0 Å². The Balaban J connectivity index is 0. The Bertz CT molecular complexity index is 132. The van der Waals surface area contributed by atoms with E-state index >= 15 is 0 Å². The molecule has 0 saturated carbocycles. The van der Waals surface area contributed by atoms with E-state index in [1.54, 1.807) is 0 Å². The smallest absolute Gasteiger partial charge is 0.137 e. The van der Waals surface area contributed by atoms with Crippen molar-refractivity contribution in [3.8, 4) is 0 Å². The van der Waals surface area contributed by atoms with Gasteiger partial charge in [-0.1, -0.05) is 27.7 Å². The SMILES string of the molecule is CC(C)=O.CC(C)C(=O)C(C)C. The zero-order valence-electron chi connectivity index (χ0n) is 8.97. The Labute approximate surface area is 75.4 Å². The topological polar surface area (TPSA) is 34.1 Å². The van der Waals surface area contributed by atoms with Crippen LogP contribution in [0, 0.1) is 11.8 Å². The molecule has 0 aliphatic heterocycles. The first-order valence-electron chi connectivity index (χ1n) is 4.29. The number of rotatable bonds is 2. The molecule has 0 aliphatic carbocycles. The van der Waals surface area contributed by atoms with Crippen LogP contribution in [0.2, 0.25) is 0 Å². The lowest BCUT2D eigenvalue weighted by Gasteiger charge is -2.05. The standard InChI is InChI=1S/C7H14O.C3H6O/c1-5(2)7(8)6(3)4;1-3(2)4/h5-6H,1-4H3;1-2H3. The highest BCUT2D eigenvalue weighted by Gasteiger charge is 2.09. The second-order valence-corrected chi connectivity index (χ2v) is 3.62. The average Bonchev–Trinajstić information content (AvgIpc) is 1.84. The molecule has 0 fully saturated rings. The molecule has 0 atom stereocenters. The summed E-state index contributed by atoms with van der Waals surface area (Å²) in [4.78, 5) is 20.3. The molecule has 0 amide bonds. The monoisotopic (exact) mass is 172 g/mol. The molecular weight excluding hydrogens is 152 g/mol. The minimum absolute atomic E-state index is 0.167. The van der Waals surface area contributed by atoms with Gasteiger partial charge in [-0.15, -0.1) is 0 Å². The first-order chi connectivity index (χ1) is 5.29. The summed E-state index contributed by atoms with van der Waals surface area (Å²) in [6.45, 7) is 10.8. The molecule has 0 N–H and O–H groups in total. The third-order valence-electron chi connectivity index (χ3n) is 1.14. The quantitative estimate of drug-likeness (QED) is 0.641. The summed E-state index contributed by atoms with van der Waals surface area (Å²) >= 11 is 0. The predicted molar refractivity (Wildman–Crippen MR) is 51.0 cm³/mol. The molecule has 0 spiro atoms. The molecule has 12 heavy (non-hydrogen) atoms. The summed E-state index contributed by atoms with van der Waals surface area (Å²) in [5, 5.41) is 0. The Kier molecular flexibility index (Phi) is 8.12. The van der Waals surface area contributed by atoms with Crippen molar-refractivity contribution in [3.63, 3.8) is 0 Å². The zero-order chi connectivity index (χ0) is 10.3. The molecule has 2 nitrogen and oxygen atoms in total. The maximum atomic E-state index is 10.8. The number of Topliss-reactive ketones (excluding diaryl/α,β-unsaturated/α-hetero) is 2. The number of carbonyl (C=O) groups is 2. The highest BCUT2D eigenvalue weighted by Crippen LogP contribution is 2.03. The largest absolute Gasteiger partial charge is 0.300 e. The van der Waals surface area contributed by atoms with Crippen LogP contribution in [0.15, 0.2) is 0 Å². The van der Waals surface area contributed by atoms with Gasteiger partial charge in [0.05, 0.1) is 0 Å². The minimum atomic E-state index is 0.167. The van der Waals surface area contributed by atoms with E-state index in [0.29, 0.717) is 5.78 Å². The number of carbonyl (C=O) groups excluding carboxylic acids is 2. The first kappa shape index (κ1) is 13.9. The van der Waals surface area contributed by atoms with Gasteiger partial charge >= 0.3 is 0 Å². The van der Waals surface area contributed by atoms with Gasteiger partial charge in [0.2, 0.25) is 0 Å². The Morgan fingerprint density at radius 2 is 1.00 bits per heavy atom. The number of hydrogen-bond donors (Lipinski definition) is 0. The minimum Gasteiger partial charge on any atom is -0.300 e. The van der Waals surface area contributed by atoms with Crippen LogP contribution in [0.25, 0.3) is 0 Å². The van der Waals surface area contributed by atoms with Crippen molar-refractivity contribution < 1.29 is 9.59 Å². The van der Waals surface area contributed by atoms with E-state index in [1.165, 1.54) is 13.8 Å². The fourth-order valence-electron chi connectivity index (χ4n) is 0.667. The highest BCUT2D eigenvalue weighted by atomic mass is 16.1. The van der Waals surface area contributed by atoms with Crippen molar-refractivity contribution in [1.82, 2.24) is 0 Å². The molecule has 0 bridgehead atoms. The van der Waals surface area contributed by atoms with E-state index in [2.05, 4.69) is 0 Å². The van der Waals surface area contributed by atoms with Gasteiger partial charge in [0.15, 0.2) is 0 Å². The van der Waals surface area contributed by atoms with E-state index in [9.17, 15) is 9.59 Å². The molecule has 72 valence electrons. The van der Waals surface area contributed by atoms with Crippen molar-refractivity contribution >= 4 is 11.6 Å². The van der Waals surface area contributed by atoms with Crippen molar-refractivity contribution in [2.45, 2.75) is 41.5 Å². The fourth-order valence-corrected chi connectivity index (χ4v) is 0.667. The molecule has 0 heterocycles. The maximum absolute atomic E-state index is 10.8. The average molecular weight is 172 g/mol. The molecule has 0 aromatic heterocycles. The Morgan fingerprint density at radius 1 is 0.833 bits per heavy atom. The van der Waals surface area contributed by atoms with Gasteiger partial charge in [-0.2, -0.15) is 0 Å². The van der Waals surface area contributed by atoms with Crippen LogP contribution in [-0.2, 0) is 9.59 Å². The molecule has 0 unspecified atom stereocenters. The van der Waals surface area contributed by atoms with E-state index in [0.717, 1.165) is 0 Å². The van der Waals surface area contributed by atoms with Crippen molar-refractivity contribution in [2.24, 2.45) is 11.8 Å². The van der Waals surface area contributed by atoms with Crippen LogP contribution in [0.5, 0.6) is 0 Å². The second kappa shape index (κ2) is 7.01. The highest BCUT2D eigenvalue weighted by molar-refractivity contribution is 5.81. The number of hydrogen-bond acceptors (Lipinski definition) is 2. The van der Waals surface area contributed by atoms with Crippen LogP contribution in [0.1, 0.15) is 41.5 Å². The lowest BCUT2D eigenvalue weighted by molar-refractivity contribution is -0.124. The molecule has 0 saturated heterocycles. The summed E-state index contributed by atoms with van der Waals surface area (Å²) in [6.07, 6.45) is 0. The van der Waals surface area contributed by atoms with Crippen LogP contribution in [-0.4, -0.2) is 11.6 Å². The molecule has 0 aromatic carbocycles. The van der Waals surface area contributed by atoms with Crippen LogP contribution >= 0.6 is 0 Å². The normalized spacial score (nSPS) is 9.33. The summed E-state index contributed by atoms with van der Waals surface area (Å²) < 4.78 is 0. The van der Waals surface area contributed by atoms with Gasteiger partial charge < -0.3 is 4.79 Å². The summed E-state index contributed by atoms with van der Waals surface area (Å²) in [5.74, 6) is 0.926. The van der Waals surface area contributed by atoms with E-state index < -0.39 is 0 Å². The molecule has 0 rings (SSSR count). The maximum Gasteiger partial charge on any atom is 0.137 e. The molecule has 2 heteroatoms. The summed E-state index contributed by atoms with van der Waals surface area (Å²) in [7, 11) is 0. The lowest BCUT2D eigenvalue weighted by atomic mass is 9.99. The van der Waals surface area contributed by atoms with Crippen LogP contribution in [0.3, 0.4) is 0 Å². The number of ketones is 2. The van der Waals surface area contributed by atoms with E-state index in [4.69, 9.17) is 0 Å². The van der Waals surface area contributed by atoms with Gasteiger partial charge in [0.1, 0.15) is 11.6 Å². The van der Waals surface area contributed by atoms with Crippen molar-refractivity contribution in [3.05, 3.63) is 0 Å². The summed E-state index contributed by atoms with van der Waals surface area (Å²) in [5.41, 5.74) is 0.